The number of rotatable bonds is 9. The number of aromatic hydroxyl groups is 1. The summed E-state index contributed by atoms with van der Waals surface area (Å²) >= 11 is 0. The van der Waals surface area contributed by atoms with Gasteiger partial charge in [0.05, 0.1) is 18.2 Å². The normalized spacial score (nSPS) is 23.5. The molecule has 0 unspecified atom stereocenters. The molecule has 0 heterocycles. The minimum absolute atomic E-state index is 0.0420. The maximum atomic E-state index is 14.3. The van der Waals surface area contributed by atoms with Crippen molar-refractivity contribution < 1.29 is 53.9 Å². The molecule has 1 aromatic carbocycles. The number of benzene rings is 1. The fraction of sp³-hybridized carbons (Fsp3) is 0.559. The summed E-state index contributed by atoms with van der Waals surface area (Å²) < 4.78 is 10.2. The van der Waals surface area contributed by atoms with Crippen molar-refractivity contribution in [2.75, 3.05) is 52.8 Å². The van der Waals surface area contributed by atoms with E-state index in [1.54, 1.807) is 25.1 Å². The number of hydrogen-bond donors (Lipinski definition) is 5. The number of phenols is 1. The number of likely N-dealkylation sites (N-methyl/N-ethyl adjacent to an activating group) is 1. The van der Waals surface area contributed by atoms with E-state index in [0.29, 0.717) is 11.3 Å². The second-order valence-electron chi connectivity index (χ2n) is 14.5. The van der Waals surface area contributed by atoms with Gasteiger partial charge in [-0.2, -0.15) is 0 Å². The van der Waals surface area contributed by atoms with Crippen LogP contribution in [0.25, 0.3) is 5.76 Å². The van der Waals surface area contributed by atoms with E-state index in [2.05, 4.69) is 0 Å². The SMILES string of the molecule is CC(=O)OCCOC(=O)N(Cc1cc(N(C)C)c2c(c1O)C(O)=C1C(=O)[C@@]3(O)C(O)=C(C(N)=O)C(=O)[C@H](N(C)C)[C@H]3C[C@H]1C2)CC(C)(C)C. The lowest BCUT2D eigenvalue weighted by Gasteiger charge is -2.50. The van der Waals surface area contributed by atoms with Crippen molar-refractivity contribution in [3.8, 4) is 5.75 Å². The lowest BCUT2D eigenvalue weighted by molar-refractivity contribution is -0.153. The molecule has 3 aliphatic rings. The van der Waals surface area contributed by atoms with Crippen molar-refractivity contribution in [1.82, 2.24) is 9.80 Å². The molecule has 0 bridgehead atoms. The summed E-state index contributed by atoms with van der Waals surface area (Å²) in [5, 5.41) is 46.5. The molecule has 4 rings (SSSR count). The zero-order valence-electron chi connectivity index (χ0n) is 29.1. The molecule has 1 saturated carbocycles. The van der Waals surface area contributed by atoms with E-state index in [4.69, 9.17) is 15.2 Å². The van der Waals surface area contributed by atoms with Crippen LogP contribution in [0.1, 0.15) is 50.8 Å². The third kappa shape index (κ3) is 6.69. The summed E-state index contributed by atoms with van der Waals surface area (Å²) in [5.41, 5.74) is 2.26. The molecule has 15 heteroatoms. The van der Waals surface area contributed by atoms with Gasteiger partial charge >= 0.3 is 12.1 Å². The first-order chi connectivity index (χ1) is 22.6. The summed E-state index contributed by atoms with van der Waals surface area (Å²) in [5.74, 6) is -7.93. The number of aliphatic hydroxyl groups excluding tert-OH is 2. The average Bonchev–Trinajstić information content (AvgIpc) is 2.96. The first-order valence-electron chi connectivity index (χ1n) is 15.9. The van der Waals surface area contributed by atoms with Crippen LogP contribution in [0.2, 0.25) is 0 Å². The third-order valence-electron chi connectivity index (χ3n) is 9.16. The zero-order chi connectivity index (χ0) is 36.9. The fourth-order valence-electron chi connectivity index (χ4n) is 7.23. The summed E-state index contributed by atoms with van der Waals surface area (Å²) in [6, 6.07) is 0.486. The molecule has 3 aliphatic carbocycles. The Labute approximate surface area is 284 Å². The number of ether oxygens (including phenoxy) is 2. The molecule has 0 radical (unpaired) electrons. The van der Waals surface area contributed by atoms with E-state index >= 15 is 0 Å². The lowest BCUT2D eigenvalue weighted by atomic mass is 9.57. The molecule has 2 amide bonds. The van der Waals surface area contributed by atoms with Gasteiger partial charge in [0.2, 0.25) is 5.78 Å². The molecular weight excluding hydrogens is 640 g/mol. The number of nitrogens with two attached hydrogens (primary N) is 1. The summed E-state index contributed by atoms with van der Waals surface area (Å²) in [4.78, 5) is 68.8. The van der Waals surface area contributed by atoms with Crippen LogP contribution < -0.4 is 10.6 Å². The largest absolute Gasteiger partial charge is 0.508 e. The Bertz CT molecular complexity index is 1660. The Balaban J connectivity index is 1.85. The number of Topliss-reactive ketones (excluding diaryl/α,β-unsaturated/α-hetero) is 2. The molecule has 1 aromatic rings. The number of primary amides is 1. The monoisotopic (exact) mass is 686 g/mol. The van der Waals surface area contributed by atoms with Crippen molar-refractivity contribution in [3.05, 3.63) is 39.7 Å². The molecule has 268 valence electrons. The second-order valence-corrected chi connectivity index (χ2v) is 14.5. The number of carbonyl (C=O) groups excluding carboxylic acids is 5. The van der Waals surface area contributed by atoms with Gasteiger partial charge in [0.15, 0.2) is 11.4 Å². The van der Waals surface area contributed by atoms with Gasteiger partial charge < -0.3 is 45.4 Å². The van der Waals surface area contributed by atoms with Crippen LogP contribution in [0.5, 0.6) is 5.75 Å². The number of amides is 2. The Morgan fingerprint density at radius 1 is 1.04 bits per heavy atom. The van der Waals surface area contributed by atoms with Crippen molar-refractivity contribution in [3.63, 3.8) is 0 Å². The Morgan fingerprint density at radius 2 is 1.65 bits per heavy atom. The molecule has 4 atom stereocenters. The van der Waals surface area contributed by atoms with Gasteiger partial charge in [0.1, 0.15) is 36.1 Å². The molecule has 1 fully saturated rings. The fourth-order valence-corrected chi connectivity index (χ4v) is 7.23. The van der Waals surface area contributed by atoms with Crippen molar-refractivity contribution in [2.45, 2.75) is 58.7 Å². The van der Waals surface area contributed by atoms with Gasteiger partial charge in [0, 0.05) is 50.3 Å². The van der Waals surface area contributed by atoms with Crippen molar-refractivity contribution >= 4 is 41.0 Å². The Hall–Kier alpha value is -4.63. The number of fused-ring (bicyclic) bond motifs is 3. The first-order valence-corrected chi connectivity index (χ1v) is 15.9. The van der Waals surface area contributed by atoms with E-state index in [1.807, 2.05) is 20.8 Å². The molecule has 0 spiro atoms. The zero-order valence-corrected chi connectivity index (χ0v) is 29.1. The predicted octanol–water partition coefficient (Wildman–Crippen LogP) is 1.58. The van der Waals surface area contributed by atoms with Crippen LogP contribution in [0.15, 0.2) is 23.0 Å². The highest BCUT2D eigenvalue weighted by Crippen LogP contribution is 2.54. The minimum Gasteiger partial charge on any atom is -0.508 e. The highest BCUT2D eigenvalue weighted by atomic mass is 16.6. The molecule has 49 heavy (non-hydrogen) atoms. The van der Waals surface area contributed by atoms with Gasteiger partial charge in [-0.3, -0.25) is 24.1 Å². The molecule has 15 nitrogen and oxygen atoms in total. The van der Waals surface area contributed by atoms with Gasteiger partial charge in [0.25, 0.3) is 5.91 Å². The molecule has 6 N–H and O–H groups in total. The van der Waals surface area contributed by atoms with E-state index < -0.39 is 81.3 Å². The molecule has 0 aliphatic heterocycles. The van der Waals surface area contributed by atoms with Gasteiger partial charge in [-0.15, -0.1) is 0 Å². The number of nitrogens with zero attached hydrogens (tertiary/aromatic N) is 3. The lowest BCUT2D eigenvalue weighted by Crippen LogP contribution is -2.65. The number of hydrogen-bond acceptors (Lipinski definition) is 13. The van der Waals surface area contributed by atoms with Crippen LogP contribution in [-0.4, -0.2) is 119 Å². The maximum Gasteiger partial charge on any atom is 0.410 e. The molecular formula is C34H46N4O11. The smallest absolute Gasteiger partial charge is 0.410 e. The quantitative estimate of drug-likeness (QED) is 0.142. The number of aliphatic hydroxyl groups is 3. The van der Waals surface area contributed by atoms with E-state index in [-0.39, 0.29) is 55.8 Å². The molecule has 0 saturated heterocycles. The number of anilines is 1. The highest BCUT2D eigenvalue weighted by molar-refractivity contribution is 6.24. The third-order valence-corrected chi connectivity index (χ3v) is 9.16. The number of esters is 1. The van der Waals surface area contributed by atoms with E-state index in [1.165, 1.54) is 30.8 Å². The summed E-state index contributed by atoms with van der Waals surface area (Å²) in [6.45, 7) is 6.62. The van der Waals surface area contributed by atoms with Crippen molar-refractivity contribution in [2.24, 2.45) is 23.0 Å². The van der Waals surface area contributed by atoms with Gasteiger partial charge in [-0.25, -0.2) is 4.79 Å². The van der Waals surface area contributed by atoms with Gasteiger partial charge in [-0.05, 0) is 49.9 Å². The van der Waals surface area contributed by atoms with Gasteiger partial charge in [-0.1, -0.05) is 20.8 Å². The van der Waals surface area contributed by atoms with Crippen LogP contribution in [0.3, 0.4) is 0 Å². The average molecular weight is 687 g/mol. The van der Waals surface area contributed by atoms with Crippen LogP contribution >= 0.6 is 0 Å². The Morgan fingerprint density at radius 3 is 2.18 bits per heavy atom. The highest BCUT2D eigenvalue weighted by Gasteiger charge is 2.64. The topological polar surface area (TPSA) is 220 Å². The van der Waals surface area contributed by atoms with Crippen LogP contribution in [-0.2, 0) is 41.6 Å². The number of ketones is 2. The van der Waals surface area contributed by atoms with Crippen LogP contribution in [0, 0.1) is 17.3 Å². The number of carbonyl (C=O) groups is 5. The standard InChI is InChI=1S/C34H46N4O11/c1-16(39)48-9-10-49-32(46)38(15-33(2,3)4)14-18-13-21(36(5)6)19-11-17-12-20-25(37(7)8)28(42)24(31(35)45)30(44)34(20,47)29(43)22(17)27(41)23(19)26(18)40/h13,17,20,25,40-41,44,47H,9-12,14-15H2,1-8H3,(H2,35,45)/t17-,20-,25-,34-/m1/s1. The summed E-state index contributed by atoms with van der Waals surface area (Å²) in [6.07, 6.45) is -0.668. The minimum atomic E-state index is -2.76. The van der Waals surface area contributed by atoms with Crippen LogP contribution in [0.4, 0.5) is 10.5 Å². The van der Waals surface area contributed by atoms with Crippen molar-refractivity contribution in [1.29, 1.82) is 0 Å². The van der Waals surface area contributed by atoms with E-state index in [9.17, 15) is 44.4 Å². The second kappa shape index (κ2) is 13.3. The molecule has 0 aromatic heterocycles. The summed E-state index contributed by atoms with van der Waals surface area (Å²) in [7, 11) is 6.58. The van der Waals surface area contributed by atoms with E-state index in [0.717, 1.165) is 0 Å². The number of phenolic OH excluding ortho intramolecular Hbond substituents is 1. The first kappa shape index (κ1) is 37.2. The Kier molecular flexibility index (Phi) is 10.1. The maximum absolute atomic E-state index is 14.3. The predicted molar refractivity (Wildman–Crippen MR) is 176 cm³/mol.